The number of carbonyl (C=O) groups is 2. The van der Waals surface area contributed by atoms with Gasteiger partial charge in [0, 0.05) is 4.90 Å². The van der Waals surface area contributed by atoms with Crippen LogP contribution in [0.15, 0.2) is 71.6 Å². The van der Waals surface area contributed by atoms with Crippen LogP contribution in [0, 0.1) is 17.5 Å². The summed E-state index contributed by atoms with van der Waals surface area (Å²) < 4.78 is 50.4. The zero-order chi connectivity index (χ0) is 20.8. The highest BCUT2D eigenvalue weighted by Crippen LogP contribution is 2.29. The molecule has 0 amide bonds. The second-order valence-electron chi connectivity index (χ2n) is 5.63. The van der Waals surface area contributed by atoms with Crippen molar-refractivity contribution in [2.45, 2.75) is 4.90 Å². The fourth-order valence-electron chi connectivity index (χ4n) is 2.27. The molecule has 8 heteroatoms. The number of thioether (sulfide) groups is 1. The topological polar surface area (TPSA) is 52.6 Å². The normalized spacial score (nSPS) is 10.4. The molecule has 148 valence electrons. The number of carbonyl (C=O) groups excluding carboxylic acids is 2. The average molecular weight is 418 g/mol. The van der Waals surface area contributed by atoms with Crippen LogP contribution < -0.4 is 9.47 Å². The van der Waals surface area contributed by atoms with E-state index in [0.717, 1.165) is 11.0 Å². The molecule has 0 unspecified atom stereocenters. The average Bonchev–Trinajstić information content (AvgIpc) is 2.73. The van der Waals surface area contributed by atoms with Crippen molar-refractivity contribution in [2.75, 3.05) is 5.75 Å². The molecular formula is C21H13F3O4S. The van der Waals surface area contributed by atoms with Crippen molar-refractivity contribution in [3.63, 3.8) is 0 Å². The number of ether oxygens (including phenoxy) is 2. The maximum Gasteiger partial charge on any atom is 0.346 e. The van der Waals surface area contributed by atoms with Gasteiger partial charge in [-0.1, -0.05) is 30.3 Å². The summed E-state index contributed by atoms with van der Waals surface area (Å²) in [6, 6.07) is 16.3. The third kappa shape index (κ3) is 5.17. The lowest BCUT2D eigenvalue weighted by atomic mass is 10.2. The third-order valence-electron chi connectivity index (χ3n) is 3.63. The van der Waals surface area contributed by atoms with Gasteiger partial charge in [0.25, 0.3) is 0 Å². The zero-order valence-corrected chi connectivity index (χ0v) is 15.5. The molecular weight excluding hydrogens is 405 g/mol. The molecule has 3 aromatic carbocycles. The molecule has 0 N–H and O–H groups in total. The molecule has 0 aliphatic carbocycles. The molecule has 29 heavy (non-hydrogen) atoms. The molecule has 3 rings (SSSR count). The highest BCUT2D eigenvalue weighted by atomic mass is 32.2. The van der Waals surface area contributed by atoms with Crippen molar-refractivity contribution in [3.05, 3.63) is 89.7 Å². The Kier molecular flexibility index (Phi) is 6.56. The first kappa shape index (κ1) is 20.5. The van der Waals surface area contributed by atoms with Crippen molar-refractivity contribution in [1.82, 2.24) is 0 Å². The van der Waals surface area contributed by atoms with Gasteiger partial charge in [-0.25, -0.2) is 18.0 Å². The van der Waals surface area contributed by atoms with Crippen molar-refractivity contribution in [1.29, 1.82) is 0 Å². The molecule has 0 saturated heterocycles. The Morgan fingerprint density at radius 3 is 2.07 bits per heavy atom. The second kappa shape index (κ2) is 9.29. The molecule has 0 bridgehead atoms. The van der Waals surface area contributed by atoms with E-state index in [1.165, 1.54) is 30.0 Å². The van der Waals surface area contributed by atoms with Gasteiger partial charge in [0.2, 0.25) is 0 Å². The summed E-state index contributed by atoms with van der Waals surface area (Å²) in [6.45, 7) is 0. The predicted octanol–water partition coefficient (Wildman–Crippen LogP) is 5.02. The van der Waals surface area contributed by atoms with Gasteiger partial charge in [0.05, 0.1) is 11.3 Å². The summed E-state index contributed by atoms with van der Waals surface area (Å²) in [5.41, 5.74) is -0.787. The molecule has 0 heterocycles. The first-order chi connectivity index (χ1) is 14.0. The molecule has 4 nitrogen and oxygen atoms in total. The molecule has 0 atom stereocenters. The summed E-state index contributed by atoms with van der Waals surface area (Å²) in [5.74, 6) is -6.96. The predicted molar refractivity (Wildman–Crippen MR) is 101 cm³/mol. The molecule has 0 aliphatic rings. The van der Waals surface area contributed by atoms with Crippen LogP contribution in [0.5, 0.6) is 11.5 Å². The minimum atomic E-state index is -1.78. The quantitative estimate of drug-likeness (QED) is 0.244. The van der Waals surface area contributed by atoms with Gasteiger partial charge in [-0.2, -0.15) is 0 Å². The van der Waals surface area contributed by atoms with Crippen molar-refractivity contribution >= 4 is 23.7 Å². The van der Waals surface area contributed by atoms with E-state index in [4.69, 9.17) is 9.47 Å². The van der Waals surface area contributed by atoms with Gasteiger partial charge in [0.15, 0.2) is 29.0 Å². The van der Waals surface area contributed by atoms with E-state index in [1.807, 2.05) is 30.3 Å². The van der Waals surface area contributed by atoms with Gasteiger partial charge in [0.1, 0.15) is 0 Å². The molecule has 0 fully saturated rings. The van der Waals surface area contributed by atoms with E-state index >= 15 is 0 Å². The van der Waals surface area contributed by atoms with Crippen LogP contribution in [0.3, 0.4) is 0 Å². The van der Waals surface area contributed by atoms with Crippen LogP contribution in [0.2, 0.25) is 0 Å². The van der Waals surface area contributed by atoms with Crippen molar-refractivity contribution in [2.24, 2.45) is 0 Å². The fraction of sp³-hybridized carbons (Fsp3) is 0.0476. The van der Waals surface area contributed by atoms with Gasteiger partial charge in [-0.05, 0) is 36.4 Å². The number of esters is 2. The van der Waals surface area contributed by atoms with Crippen LogP contribution in [0.4, 0.5) is 13.2 Å². The Bertz CT molecular complexity index is 1040. The lowest BCUT2D eigenvalue weighted by molar-refractivity contribution is -0.131. The van der Waals surface area contributed by atoms with Crippen LogP contribution in [-0.4, -0.2) is 17.7 Å². The van der Waals surface area contributed by atoms with Gasteiger partial charge < -0.3 is 9.47 Å². The molecule has 0 radical (unpaired) electrons. The van der Waals surface area contributed by atoms with Crippen molar-refractivity contribution in [3.8, 4) is 11.5 Å². The Hall–Kier alpha value is -3.26. The van der Waals surface area contributed by atoms with E-state index < -0.39 is 35.0 Å². The lowest BCUT2D eigenvalue weighted by Gasteiger charge is -2.11. The maximum atomic E-state index is 13.8. The van der Waals surface area contributed by atoms with E-state index in [2.05, 4.69) is 0 Å². The van der Waals surface area contributed by atoms with E-state index in [0.29, 0.717) is 6.07 Å². The lowest BCUT2D eigenvalue weighted by Crippen LogP contribution is -2.15. The maximum absolute atomic E-state index is 13.8. The number of hydrogen-bond acceptors (Lipinski definition) is 5. The monoisotopic (exact) mass is 418 g/mol. The zero-order valence-electron chi connectivity index (χ0n) is 14.7. The summed E-state index contributed by atoms with van der Waals surface area (Å²) in [7, 11) is 0. The Labute approximate surface area is 168 Å². The number of para-hydroxylation sites is 2. The molecule has 3 aromatic rings. The number of rotatable bonds is 6. The summed E-state index contributed by atoms with van der Waals surface area (Å²) >= 11 is 1.26. The van der Waals surface area contributed by atoms with E-state index in [-0.39, 0.29) is 17.3 Å². The molecule has 0 saturated carbocycles. The molecule has 0 aromatic heterocycles. The highest BCUT2D eigenvalue weighted by molar-refractivity contribution is 8.00. The Morgan fingerprint density at radius 2 is 1.38 bits per heavy atom. The molecule has 0 spiro atoms. The first-order valence-electron chi connectivity index (χ1n) is 8.29. The van der Waals surface area contributed by atoms with Crippen LogP contribution in [0.25, 0.3) is 0 Å². The van der Waals surface area contributed by atoms with Crippen molar-refractivity contribution < 1.29 is 32.2 Å². The number of hydrogen-bond donors (Lipinski definition) is 0. The minimum Gasteiger partial charge on any atom is -0.422 e. The Morgan fingerprint density at radius 1 is 0.759 bits per heavy atom. The smallest absolute Gasteiger partial charge is 0.346 e. The first-order valence-corrected chi connectivity index (χ1v) is 9.27. The van der Waals surface area contributed by atoms with E-state index in [9.17, 15) is 22.8 Å². The molecule has 0 aliphatic heterocycles. The van der Waals surface area contributed by atoms with E-state index in [1.54, 1.807) is 6.07 Å². The van der Waals surface area contributed by atoms with Crippen LogP contribution in [0.1, 0.15) is 10.4 Å². The SMILES string of the molecule is O=C(CSc1ccccc1)Oc1ccccc1OC(=O)c1ccc(F)c(F)c1F. The van der Waals surface area contributed by atoms with Gasteiger partial charge in [-0.3, -0.25) is 4.79 Å². The summed E-state index contributed by atoms with van der Waals surface area (Å²) in [6.07, 6.45) is 0. The van der Waals surface area contributed by atoms with Crippen LogP contribution >= 0.6 is 11.8 Å². The largest absolute Gasteiger partial charge is 0.422 e. The second-order valence-corrected chi connectivity index (χ2v) is 6.68. The van der Waals surface area contributed by atoms with Crippen LogP contribution in [-0.2, 0) is 4.79 Å². The minimum absolute atomic E-state index is 0.00406. The summed E-state index contributed by atoms with van der Waals surface area (Å²) in [4.78, 5) is 25.1. The number of benzene rings is 3. The number of halogens is 3. The summed E-state index contributed by atoms with van der Waals surface area (Å²) in [5, 5.41) is 0. The highest BCUT2D eigenvalue weighted by Gasteiger charge is 2.22. The fourth-order valence-corrected chi connectivity index (χ4v) is 2.96. The third-order valence-corrected chi connectivity index (χ3v) is 4.62. The standard InChI is InChI=1S/C21H13F3O4S/c22-15-11-10-14(19(23)20(15)24)21(26)28-17-9-5-4-8-16(17)27-18(25)12-29-13-6-2-1-3-7-13/h1-11H,12H2. The van der Waals surface area contributed by atoms with Gasteiger partial charge >= 0.3 is 11.9 Å². The Balaban J connectivity index is 1.69. The van der Waals surface area contributed by atoms with Gasteiger partial charge in [-0.15, -0.1) is 11.8 Å².